The van der Waals surface area contributed by atoms with Gasteiger partial charge in [0.1, 0.15) is 10.5 Å². The van der Waals surface area contributed by atoms with E-state index >= 15 is 0 Å². The lowest BCUT2D eigenvalue weighted by Crippen LogP contribution is -2.61. The van der Waals surface area contributed by atoms with E-state index in [0.717, 1.165) is 36.9 Å². The monoisotopic (exact) mass is 483 g/mol. The highest BCUT2D eigenvalue weighted by molar-refractivity contribution is 7.18. The lowest BCUT2D eigenvalue weighted by atomic mass is 10.0. The molecule has 1 aliphatic heterocycles. The Bertz CT molecular complexity index is 1240. The molecule has 9 nitrogen and oxygen atoms in total. The van der Waals surface area contributed by atoms with Crippen LogP contribution < -0.4 is 10.6 Å². The zero-order valence-corrected chi connectivity index (χ0v) is 19.9. The van der Waals surface area contributed by atoms with Gasteiger partial charge in [-0.15, -0.1) is 11.3 Å². The normalized spacial score (nSPS) is 17.6. The van der Waals surface area contributed by atoms with Crippen molar-refractivity contribution in [1.82, 2.24) is 30.2 Å². The van der Waals surface area contributed by atoms with Crippen LogP contribution >= 0.6 is 11.3 Å². The van der Waals surface area contributed by atoms with Gasteiger partial charge in [0.25, 0.3) is 5.91 Å². The molecule has 2 aliphatic rings. The average molecular weight is 484 g/mol. The van der Waals surface area contributed by atoms with Crippen LogP contribution in [0.1, 0.15) is 59.7 Å². The van der Waals surface area contributed by atoms with E-state index in [0.29, 0.717) is 29.0 Å². The number of likely N-dealkylation sites (tertiary alicyclic amines) is 1. The first-order valence-electron chi connectivity index (χ1n) is 11.5. The number of fused-ring (bicyclic) bond motifs is 1. The number of aryl methyl sites for hydroxylation is 1. The fraction of sp³-hybridized carbons (Fsp3) is 0.478. The SMILES string of the molecule is Cc1nc2nc(NC(C)c3cncc(F)c3)nc(C(=O)N3CC(NC(=O)C4CCCC4)C3)c2s1. The quantitative estimate of drug-likeness (QED) is 0.553. The number of hydrogen-bond acceptors (Lipinski definition) is 8. The summed E-state index contributed by atoms with van der Waals surface area (Å²) >= 11 is 1.37. The lowest BCUT2D eigenvalue weighted by molar-refractivity contribution is -0.126. The van der Waals surface area contributed by atoms with Gasteiger partial charge in [-0.05, 0) is 38.3 Å². The number of carbonyl (C=O) groups excluding carboxylic acids is 2. The van der Waals surface area contributed by atoms with Gasteiger partial charge >= 0.3 is 0 Å². The van der Waals surface area contributed by atoms with Crippen molar-refractivity contribution in [3.63, 3.8) is 0 Å². The molecular formula is C23H26FN7O2S. The Hall–Kier alpha value is -3.21. The molecule has 1 unspecified atom stereocenters. The number of thiazole rings is 1. The van der Waals surface area contributed by atoms with E-state index < -0.39 is 5.82 Å². The summed E-state index contributed by atoms with van der Waals surface area (Å²) in [5.41, 5.74) is 1.36. The molecule has 5 rings (SSSR count). The first kappa shape index (κ1) is 22.6. The van der Waals surface area contributed by atoms with Crippen molar-refractivity contribution in [2.45, 2.75) is 51.6 Å². The summed E-state index contributed by atoms with van der Waals surface area (Å²) in [6.45, 7) is 4.60. The van der Waals surface area contributed by atoms with Gasteiger partial charge in [-0.1, -0.05) is 12.8 Å². The largest absolute Gasteiger partial charge is 0.350 e. The molecule has 0 bridgehead atoms. The van der Waals surface area contributed by atoms with Crippen LogP contribution in [0.3, 0.4) is 0 Å². The third-order valence-electron chi connectivity index (χ3n) is 6.38. The zero-order valence-electron chi connectivity index (χ0n) is 19.0. The van der Waals surface area contributed by atoms with Gasteiger partial charge in [0.15, 0.2) is 11.3 Å². The van der Waals surface area contributed by atoms with Gasteiger partial charge < -0.3 is 15.5 Å². The summed E-state index contributed by atoms with van der Waals surface area (Å²) in [6.07, 6.45) is 6.82. The number of pyridine rings is 1. The van der Waals surface area contributed by atoms with Gasteiger partial charge in [0.2, 0.25) is 11.9 Å². The Morgan fingerprint density at radius 3 is 2.68 bits per heavy atom. The van der Waals surface area contributed by atoms with E-state index in [2.05, 4.69) is 30.6 Å². The maximum Gasteiger partial charge on any atom is 0.274 e. The number of carbonyl (C=O) groups is 2. The molecule has 1 atom stereocenters. The maximum atomic E-state index is 13.6. The van der Waals surface area contributed by atoms with Crippen molar-refractivity contribution in [3.8, 4) is 0 Å². The number of rotatable bonds is 6. The summed E-state index contributed by atoms with van der Waals surface area (Å²) in [7, 11) is 0. The molecule has 4 heterocycles. The number of halogens is 1. The fourth-order valence-electron chi connectivity index (χ4n) is 4.47. The van der Waals surface area contributed by atoms with Crippen LogP contribution in [-0.4, -0.2) is 55.8 Å². The van der Waals surface area contributed by atoms with Crippen molar-refractivity contribution in [3.05, 3.63) is 40.5 Å². The third-order valence-corrected chi connectivity index (χ3v) is 7.34. The van der Waals surface area contributed by atoms with Crippen molar-refractivity contribution < 1.29 is 14.0 Å². The van der Waals surface area contributed by atoms with Gasteiger partial charge in [-0.25, -0.2) is 14.4 Å². The molecule has 2 N–H and O–H groups in total. The van der Waals surface area contributed by atoms with E-state index in [1.807, 2.05) is 13.8 Å². The molecule has 3 aromatic heterocycles. The topological polar surface area (TPSA) is 113 Å². The molecular weight excluding hydrogens is 457 g/mol. The minimum atomic E-state index is -0.430. The van der Waals surface area contributed by atoms with Crippen molar-refractivity contribution >= 4 is 39.4 Å². The maximum absolute atomic E-state index is 13.6. The Balaban J connectivity index is 1.31. The molecule has 0 radical (unpaired) electrons. The van der Waals surface area contributed by atoms with Crippen LogP contribution in [0.15, 0.2) is 18.5 Å². The first-order chi connectivity index (χ1) is 16.4. The molecule has 3 aromatic rings. The van der Waals surface area contributed by atoms with Crippen molar-refractivity contribution in [1.29, 1.82) is 0 Å². The van der Waals surface area contributed by atoms with Crippen LogP contribution in [0.2, 0.25) is 0 Å². The average Bonchev–Trinajstić information content (AvgIpc) is 3.44. The van der Waals surface area contributed by atoms with Crippen LogP contribution in [0.5, 0.6) is 0 Å². The molecule has 1 aliphatic carbocycles. The molecule has 34 heavy (non-hydrogen) atoms. The molecule has 0 spiro atoms. The second-order valence-electron chi connectivity index (χ2n) is 8.98. The van der Waals surface area contributed by atoms with E-state index in [1.165, 1.54) is 17.4 Å². The molecule has 1 saturated carbocycles. The number of anilines is 1. The van der Waals surface area contributed by atoms with E-state index in [9.17, 15) is 14.0 Å². The first-order valence-corrected chi connectivity index (χ1v) is 12.3. The Morgan fingerprint density at radius 2 is 1.94 bits per heavy atom. The van der Waals surface area contributed by atoms with Crippen molar-refractivity contribution in [2.75, 3.05) is 18.4 Å². The molecule has 2 fully saturated rings. The minimum Gasteiger partial charge on any atom is -0.350 e. The summed E-state index contributed by atoms with van der Waals surface area (Å²) in [5, 5.41) is 6.98. The van der Waals surface area contributed by atoms with Crippen LogP contribution in [0, 0.1) is 18.7 Å². The lowest BCUT2D eigenvalue weighted by Gasteiger charge is -2.39. The predicted molar refractivity (Wildman–Crippen MR) is 126 cm³/mol. The summed E-state index contributed by atoms with van der Waals surface area (Å²) in [6, 6.07) is 1.03. The van der Waals surface area contributed by atoms with E-state index in [4.69, 9.17) is 0 Å². The highest BCUT2D eigenvalue weighted by Gasteiger charge is 2.36. The third kappa shape index (κ3) is 4.56. The second-order valence-corrected chi connectivity index (χ2v) is 10.2. The van der Waals surface area contributed by atoms with Crippen LogP contribution in [-0.2, 0) is 4.79 Å². The molecule has 11 heteroatoms. The Kier molecular flexibility index (Phi) is 6.11. The highest BCUT2D eigenvalue weighted by atomic mass is 32.1. The summed E-state index contributed by atoms with van der Waals surface area (Å²) in [4.78, 5) is 44.7. The highest BCUT2D eigenvalue weighted by Crippen LogP contribution is 2.29. The van der Waals surface area contributed by atoms with Gasteiger partial charge in [0.05, 0.1) is 23.3 Å². The molecule has 1 saturated heterocycles. The number of amides is 2. The zero-order chi connectivity index (χ0) is 23.8. The summed E-state index contributed by atoms with van der Waals surface area (Å²) < 4.78 is 14.2. The fourth-order valence-corrected chi connectivity index (χ4v) is 5.31. The summed E-state index contributed by atoms with van der Waals surface area (Å²) in [5.74, 6) is -0.198. The standard InChI is InChI=1S/C23H26FN7O2S/c1-12(15-7-16(24)9-25-8-15)26-23-29-18(19-20(30-23)27-13(2)34-19)22(33)31-10-17(11-31)28-21(32)14-5-3-4-6-14/h7-9,12,14,17H,3-6,10-11H2,1-2H3,(H,28,32)(H,26,29,30). The van der Waals surface area contributed by atoms with E-state index in [1.54, 1.807) is 11.1 Å². The number of hydrogen-bond donors (Lipinski definition) is 2. The Labute approximate surface area is 200 Å². The van der Waals surface area contributed by atoms with Gasteiger partial charge in [-0.2, -0.15) is 4.98 Å². The number of nitrogens with zero attached hydrogens (tertiary/aromatic N) is 5. The molecule has 178 valence electrons. The number of aromatic nitrogens is 4. The smallest absolute Gasteiger partial charge is 0.274 e. The van der Waals surface area contributed by atoms with Gasteiger partial charge in [-0.3, -0.25) is 14.6 Å². The minimum absolute atomic E-state index is 0.0318. The molecule has 0 aromatic carbocycles. The molecule has 2 amide bonds. The van der Waals surface area contributed by atoms with Gasteiger partial charge in [0, 0.05) is 25.2 Å². The van der Waals surface area contributed by atoms with Crippen molar-refractivity contribution in [2.24, 2.45) is 5.92 Å². The predicted octanol–water partition coefficient (Wildman–Crippen LogP) is 3.23. The van der Waals surface area contributed by atoms with Crippen LogP contribution in [0.25, 0.3) is 10.3 Å². The Morgan fingerprint density at radius 1 is 1.18 bits per heavy atom. The van der Waals surface area contributed by atoms with Crippen LogP contribution in [0.4, 0.5) is 10.3 Å². The second kappa shape index (κ2) is 9.21. The number of nitrogens with one attached hydrogen (secondary N) is 2. The van der Waals surface area contributed by atoms with E-state index in [-0.39, 0.29) is 41.5 Å².